The number of rotatable bonds is 2. The Hall–Kier alpha value is -2.15. The summed E-state index contributed by atoms with van der Waals surface area (Å²) in [6, 6.07) is 3.58. The molecule has 0 aromatic carbocycles. The second-order valence-electron chi connectivity index (χ2n) is 4.72. The highest BCUT2D eigenvalue weighted by molar-refractivity contribution is 5.96. The number of hydrogen-bond donors (Lipinski definition) is 2. The molecule has 3 N–H and O–H groups in total. The standard InChI is InChI=1S/C13H18N4O3/c1-8-3-4-10(9(2)15-8)13(18)17-5-6-20-11(7-17)12(14)16-19/h3-4,11,19H,5-7H2,1-2H3,(H2,14,16). The van der Waals surface area contributed by atoms with E-state index in [0.717, 1.165) is 5.69 Å². The number of nitrogens with zero attached hydrogens (tertiary/aromatic N) is 3. The van der Waals surface area contributed by atoms with Crippen molar-refractivity contribution < 1.29 is 14.7 Å². The van der Waals surface area contributed by atoms with Crippen LogP contribution in [0, 0.1) is 13.8 Å². The van der Waals surface area contributed by atoms with Gasteiger partial charge in [0.15, 0.2) is 5.84 Å². The number of hydrogen-bond acceptors (Lipinski definition) is 5. The Morgan fingerprint density at radius 1 is 1.55 bits per heavy atom. The van der Waals surface area contributed by atoms with Gasteiger partial charge in [-0.05, 0) is 26.0 Å². The summed E-state index contributed by atoms with van der Waals surface area (Å²) in [6.07, 6.45) is -0.573. The normalized spacial score (nSPS) is 20.0. The molecular formula is C13H18N4O3. The molecule has 1 atom stereocenters. The molecule has 20 heavy (non-hydrogen) atoms. The van der Waals surface area contributed by atoms with Crippen molar-refractivity contribution in [1.29, 1.82) is 0 Å². The lowest BCUT2D eigenvalue weighted by molar-refractivity contribution is 0.00669. The summed E-state index contributed by atoms with van der Waals surface area (Å²) in [5.74, 6) is -0.143. The molecule has 1 fully saturated rings. The predicted molar refractivity (Wildman–Crippen MR) is 72.8 cm³/mol. The lowest BCUT2D eigenvalue weighted by atomic mass is 10.1. The molecule has 7 nitrogen and oxygen atoms in total. The number of amides is 1. The number of nitrogens with two attached hydrogens (primary N) is 1. The molecule has 0 aliphatic carbocycles. The predicted octanol–water partition coefficient (Wildman–Crippen LogP) is 0.286. The first-order chi connectivity index (χ1) is 9.52. The highest BCUT2D eigenvalue weighted by atomic mass is 16.5. The molecule has 1 unspecified atom stereocenters. The lowest BCUT2D eigenvalue weighted by Crippen LogP contribution is -2.50. The fourth-order valence-electron chi connectivity index (χ4n) is 2.16. The zero-order chi connectivity index (χ0) is 14.7. The molecular weight excluding hydrogens is 260 g/mol. The minimum atomic E-state index is -0.573. The smallest absolute Gasteiger partial charge is 0.255 e. The number of carbonyl (C=O) groups excluding carboxylic acids is 1. The van der Waals surface area contributed by atoms with Crippen LogP contribution in [0.2, 0.25) is 0 Å². The second-order valence-corrected chi connectivity index (χ2v) is 4.72. The van der Waals surface area contributed by atoms with Gasteiger partial charge in [-0.1, -0.05) is 5.16 Å². The molecule has 1 saturated heterocycles. The van der Waals surface area contributed by atoms with Gasteiger partial charge in [0, 0.05) is 12.2 Å². The van der Waals surface area contributed by atoms with Crippen molar-refractivity contribution in [2.24, 2.45) is 10.9 Å². The topological polar surface area (TPSA) is 101 Å². The van der Waals surface area contributed by atoms with Crippen molar-refractivity contribution in [2.45, 2.75) is 20.0 Å². The van der Waals surface area contributed by atoms with Crippen LogP contribution in [0.1, 0.15) is 21.7 Å². The Labute approximate surface area is 117 Å². The van der Waals surface area contributed by atoms with Crippen molar-refractivity contribution >= 4 is 11.7 Å². The summed E-state index contributed by atoms with van der Waals surface area (Å²) in [7, 11) is 0. The van der Waals surface area contributed by atoms with Crippen molar-refractivity contribution in [3.8, 4) is 0 Å². The van der Waals surface area contributed by atoms with E-state index in [0.29, 0.717) is 24.4 Å². The van der Waals surface area contributed by atoms with Gasteiger partial charge in [0.25, 0.3) is 5.91 Å². The van der Waals surface area contributed by atoms with Crippen LogP contribution >= 0.6 is 0 Å². The first-order valence-corrected chi connectivity index (χ1v) is 6.35. The van der Waals surface area contributed by atoms with Gasteiger partial charge in [-0.2, -0.15) is 0 Å². The zero-order valence-electron chi connectivity index (χ0n) is 11.5. The fourth-order valence-corrected chi connectivity index (χ4v) is 2.16. The summed E-state index contributed by atoms with van der Waals surface area (Å²) in [5.41, 5.74) is 7.66. The number of aromatic nitrogens is 1. The van der Waals surface area contributed by atoms with Gasteiger partial charge >= 0.3 is 0 Å². The molecule has 0 radical (unpaired) electrons. The van der Waals surface area contributed by atoms with Gasteiger partial charge in [-0.15, -0.1) is 0 Å². The molecule has 0 saturated carbocycles. The molecule has 1 aromatic heterocycles. The van der Waals surface area contributed by atoms with Crippen molar-refractivity contribution in [3.63, 3.8) is 0 Å². The maximum absolute atomic E-state index is 12.5. The minimum absolute atomic E-state index is 0.0266. The van der Waals surface area contributed by atoms with E-state index in [9.17, 15) is 4.79 Å². The highest BCUT2D eigenvalue weighted by Gasteiger charge is 2.28. The van der Waals surface area contributed by atoms with E-state index in [4.69, 9.17) is 15.7 Å². The number of oxime groups is 1. The number of amidine groups is 1. The lowest BCUT2D eigenvalue weighted by Gasteiger charge is -2.32. The summed E-state index contributed by atoms with van der Waals surface area (Å²) in [5, 5.41) is 11.6. The van der Waals surface area contributed by atoms with Crippen molar-refractivity contribution in [3.05, 3.63) is 29.1 Å². The third-order valence-electron chi connectivity index (χ3n) is 3.25. The molecule has 1 aliphatic heterocycles. The molecule has 1 aromatic rings. The molecule has 7 heteroatoms. The van der Waals surface area contributed by atoms with E-state index in [1.807, 2.05) is 19.9 Å². The average Bonchev–Trinajstić information content (AvgIpc) is 2.46. The number of carbonyl (C=O) groups is 1. The van der Waals surface area contributed by atoms with Gasteiger partial charge in [0.1, 0.15) is 6.10 Å². The number of morpholine rings is 1. The Bertz CT molecular complexity index is 544. The maximum atomic E-state index is 12.5. The van der Waals surface area contributed by atoms with Gasteiger partial charge in [0.2, 0.25) is 0 Å². The van der Waals surface area contributed by atoms with Crippen LogP contribution in [0.5, 0.6) is 0 Å². The number of pyridine rings is 1. The Balaban J connectivity index is 2.16. The first kappa shape index (κ1) is 14.3. The van der Waals surface area contributed by atoms with Crippen molar-refractivity contribution in [2.75, 3.05) is 19.7 Å². The maximum Gasteiger partial charge on any atom is 0.255 e. The zero-order valence-corrected chi connectivity index (χ0v) is 11.5. The van der Waals surface area contributed by atoms with Gasteiger partial charge in [-0.25, -0.2) is 0 Å². The minimum Gasteiger partial charge on any atom is -0.409 e. The van der Waals surface area contributed by atoms with E-state index in [2.05, 4.69) is 10.1 Å². The SMILES string of the molecule is Cc1ccc(C(=O)N2CCOC(C(N)=NO)C2)c(C)n1. The largest absolute Gasteiger partial charge is 0.409 e. The molecule has 0 spiro atoms. The van der Waals surface area contributed by atoms with Crippen LogP contribution in [0.15, 0.2) is 17.3 Å². The van der Waals surface area contributed by atoms with Gasteiger partial charge in [0.05, 0.1) is 24.4 Å². The van der Waals surface area contributed by atoms with Crippen LogP contribution in [-0.4, -0.2) is 52.6 Å². The van der Waals surface area contributed by atoms with E-state index in [-0.39, 0.29) is 18.3 Å². The third kappa shape index (κ3) is 2.88. The highest BCUT2D eigenvalue weighted by Crippen LogP contribution is 2.13. The first-order valence-electron chi connectivity index (χ1n) is 6.35. The molecule has 1 amide bonds. The Morgan fingerprint density at radius 3 is 2.95 bits per heavy atom. The van der Waals surface area contributed by atoms with Crippen LogP contribution in [0.3, 0.4) is 0 Å². The summed E-state index contributed by atoms with van der Waals surface area (Å²) >= 11 is 0. The van der Waals surface area contributed by atoms with Crippen molar-refractivity contribution in [1.82, 2.24) is 9.88 Å². The van der Waals surface area contributed by atoms with Crippen LogP contribution in [0.25, 0.3) is 0 Å². The van der Waals surface area contributed by atoms with Crippen LogP contribution in [0.4, 0.5) is 0 Å². The molecule has 1 aliphatic rings. The van der Waals surface area contributed by atoms with Gasteiger partial charge < -0.3 is 20.6 Å². The summed E-state index contributed by atoms with van der Waals surface area (Å²) < 4.78 is 5.37. The Morgan fingerprint density at radius 2 is 2.30 bits per heavy atom. The summed E-state index contributed by atoms with van der Waals surface area (Å²) in [4.78, 5) is 18.4. The van der Waals surface area contributed by atoms with E-state index in [1.54, 1.807) is 11.0 Å². The molecule has 2 rings (SSSR count). The third-order valence-corrected chi connectivity index (χ3v) is 3.25. The number of ether oxygens (including phenoxy) is 1. The molecule has 2 heterocycles. The Kier molecular flexibility index (Phi) is 4.19. The average molecular weight is 278 g/mol. The monoisotopic (exact) mass is 278 g/mol. The van der Waals surface area contributed by atoms with E-state index in [1.165, 1.54) is 0 Å². The molecule has 108 valence electrons. The summed E-state index contributed by atoms with van der Waals surface area (Å²) in [6.45, 7) is 4.78. The van der Waals surface area contributed by atoms with Gasteiger partial charge in [-0.3, -0.25) is 9.78 Å². The molecule has 0 bridgehead atoms. The second kappa shape index (κ2) is 5.87. The van der Waals surface area contributed by atoms with Crippen LogP contribution in [-0.2, 0) is 4.74 Å². The fraction of sp³-hybridized carbons (Fsp3) is 0.462. The number of aryl methyl sites for hydroxylation is 2. The quantitative estimate of drug-likeness (QED) is 0.350. The van der Waals surface area contributed by atoms with E-state index < -0.39 is 6.10 Å². The van der Waals surface area contributed by atoms with Crippen LogP contribution < -0.4 is 5.73 Å². The van der Waals surface area contributed by atoms with E-state index >= 15 is 0 Å².